The molecule has 5 aromatic carbocycles. The average Bonchev–Trinajstić information content (AvgIpc) is 3.77. The summed E-state index contributed by atoms with van der Waals surface area (Å²) in [5.41, 5.74) is 15.4. The summed E-state index contributed by atoms with van der Waals surface area (Å²) in [6, 6.07) is 48.1. The molecule has 3 heteroatoms. The summed E-state index contributed by atoms with van der Waals surface area (Å²) >= 11 is 0. The number of nitrogens with zero attached hydrogens (tertiary/aromatic N) is 3. The molecule has 0 saturated heterocycles. The number of hydrogen-bond acceptors (Lipinski definition) is 1. The molecule has 0 fully saturated rings. The molecule has 11 rings (SSSR count). The van der Waals surface area contributed by atoms with Crippen molar-refractivity contribution >= 4 is 49.4 Å². The van der Waals surface area contributed by atoms with Crippen molar-refractivity contribution in [3.8, 4) is 22.5 Å². The summed E-state index contributed by atoms with van der Waals surface area (Å²) in [6.45, 7) is 8.96. The molecule has 3 nitrogen and oxygen atoms in total. The van der Waals surface area contributed by atoms with Crippen LogP contribution in [-0.4, -0.2) is 14.1 Å². The normalized spacial score (nSPS) is 17.1. The topological polar surface area (TPSA) is 22.8 Å². The number of benzene rings is 5. The number of pyridine rings is 1. The Labute approximate surface area is 313 Å². The fourth-order valence-electron chi connectivity index (χ4n) is 9.61. The maximum absolute atomic E-state index is 4.61. The lowest BCUT2D eigenvalue weighted by atomic mass is 9.65. The second kappa shape index (κ2) is 11.8. The van der Waals surface area contributed by atoms with Crippen LogP contribution < -0.4 is 10.6 Å². The van der Waals surface area contributed by atoms with E-state index in [1.165, 1.54) is 60.2 Å². The van der Waals surface area contributed by atoms with Crippen LogP contribution in [0.15, 0.2) is 195 Å². The first-order chi connectivity index (χ1) is 26.8. The number of rotatable bonds is 5. The quantitative estimate of drug-likeness (QED) is 0.176. The summed E-state index contributed by atoms with van der Waals surface area (Å²) in [5, 5.41) is 6.21. The number of fused-ring (bicyclic) bond motifs is 11. The van der Waals surface area contributed by atoms with Crippen molar-refractivity contribution in [2.75, 3.05) is 0 Å². The predicted octanol–water partition coefficient (Wildman–Crippen LogP) is 10.7. The second-order valence-corrected chi connectivity index (χ2v) is 14.3. The van der Waals surface area contributed by atoms with E-state index in [1.807, 2.05) is 12.3 Å². The zero-order chi connectivity index (χ0) is 35.9. The molecule has 0 spiro atoms. The van der Waals surface area contributed by atoms with Crippen molar-refractivity contribution in [2.45, 2.75) is 0 Å². The summed E-state index contributed by atoms with van der Waals surface area (Å²) in [4.78, 5) is 4.61. The number of hydrogen-bond donors (Lipinski definition) is 0. The Balaban J connectivity index is 1.28. The van der Waals surface area contributed by atoms with Gasteiger partial charge in [0.1, 0.15) is 0 Å². The van der Waals surface area contributed by atoms with Gasteiger partial charge in [-0.2, -0.15) is 0 Å². The van der Waals surface area contributed by atoms with Crippen LogP contribution in [0.25, 0.3) is 71.9 Å². The lowest BCUT2D eigenvalue weighted by molar-refractivity contribution is 0.664. The van der Waals surface area contributed by atoms with Crippen molar-refractivity contribution < 1.29 is 0 Å². The molecule has 2 unspecified atom stereocenters. The van der Waals surface area contributed by atoms with Gasteiger partial charge in [-0.05, 0) is 76.4 Å². The fraction of sp³-hybridized carbons (Fsp3) is 0.0392. The summed E-state index contributed by atoms with van der Waals surface area (Å²) in [6.07, 6.45) is 15.2. The van der Waals surface area contributed by atoms with E-state index in [2.05, 4.69) is 191 Å². The van der Waals surface area contributed by atoms with Gasteiger partial charge in [0, 0.05) is 61.9 Å². The van der Waals surface area contributed by atoms with E-state index in [0.717, 1.165) is 39.1 Å². The Hall–Kier alpha value is -6.97. The van der Waals surface area contributed by atoms with Crippen molar-refractivity contribution in [3.63, 3.8) is 0 Å². The Bertz CT molecular complexity index is 3120. The van der Waals surface area contributed by atoms with Gasteiger partial charge in [0.25, 0.3) is 0 Å². The summed E-state index contributed by atoms with van der Waals surface area (Å²) < 4.78 is 4.94. The molecule has 3 aliphatic carbocycles. The molecule has 0 aliphatic heterocycles. The predicted molar refractivity (Wildman–Crippen MR) is 225 cm³/mol. The first-order valence-electron chi connectivity index (χ1n) is 18.6. The van der Waals surface area contributed by atoms with Gasteiger partial charge < -0.3 is 9.13 Å². The van der Waals surface area contributed by atoms with Gasteiger partial charge in [-0.3, -0.25) is 4.98 Å². The van der Waals surface area contributed by atoms with Gasteiger partial charge in [0.15, 0.2) is 0 Å². The minimum Gasteiger partial charge on any atom is -0.309 e. The van der Waals surface area contributed by atoms with Gasteiger partial charge in [-0.15, -0.1) is 0 Å². The molecule has 0 amide bonds. The number of allylic oxidation sites excluding steroid dienone is 8. The highest BCUT2D eigenvalue weighted by Gasteiger charge is 2.42. The van der Waals surface area contributed by atoms with Crippen LogP contribution in [0, 0.1) is 11.8 Å². The molecule has 3 heterocycles. The maximum Gasteiger partial charge on any atom is 0.0708 e. The molecule has 8 aromatic rings. The first-order valence-corrected chi connectivity index (χ1v) is 18.6. The van der Waals surface area contributed by atoms with Crippen molar-refractivity contribution in [2.24, 2.45) is 11.8 Å². The molecule has 3 aromatic heterocycles. The highest BCUT2D eigenvalue weighted by Crippen LogP contribution is 2.53. The van der Waals surface area contributed by atoms with E-state index >= 15 is 0 Å². The third-order valence-electron chi connectivity index (χ3n) is 11.7. The molecule has 0 radical (unpaired) electrons. The van der Waals surface area contributed by atoms with E-state index in [0.29, 0.717) is 0 Å². The van der Waals surface area contributed by atoms with E-state index in [4.69, 9.17) is 0 Å². The number of para-hydroxylation sites is 4. The van der Waals surface area contributed by atoms with Crippen molar-refractivity contribution in [1.29, 1.82) is 0 Å². The van der Waals surface area contributed by atoms with Gasteiger partial charge in [-0.25, -0.2) is 0 Å². The summed E-state index contributed by atoms with van der Waals surface area (Å²) in [5.74, 6) is 0.181. The van der Waals surface area contributed by atoms with Gasteiger partial charge in [0.05, 0.1) is 27.6 Å². The lowest BCUT2D eigenvalue weighted by Gasteiger charge is -2.38. The monoisotopic (exact) mass is 689 g/mol. The minimum atomic E-state index is 0.0586. The minimum absolute atomic E-state index is 0.0586. The van der Waals surface area contributed by atoms with E-state index in [1.54, 1.807) is 0 Å². The Morgan fingerprint density at radius 1 is 0.611 bits per heavy atom. The molecule has 3 aliphatic rings. The van der Waals surface area contributed by atoms with Crippen LogP contribution >= 0.6 is 0 Å². The van der Waals surface area contributed by atoms with Crippen molar-refractivity contribution in [3.05, 3.63) is 217 Å². The maximum atomic E-state index is 4.61. The van der Waals surface area contributed by atoms with Crippen LogP contribution in [0.4, 0.5) is 0 Å². The molecule has 254 valence electrons. The van der Waals surface area contributed by atoms with Gasteiger partial charge in [0.2, 0.25) is 0 Å². The fourth-order valence-corrected chi connectivity index (χ4v) is 9.61. The van der Waals surface area contributed by atoms with Crippen LogP contribution in [0.1, 0.15) is 11.3 Å². The van der Waals surface area contributed by atoms with Gasteiger partial charge >= 0.3 is 0 Å². The average molecular weight is 690 g/mol. The molecular formula is C51H35N3. The second-order valence-electron chi connectivity index (χ2n) is 14.3. The zero-order valence-corrected chi connectivity index (χ0v) is 29.7. The Morgan fingerprint density at radius 2 is 1.30 bits per heavy atom. The van der Waals surface area contributed by atoms with Crippen LogP contribution in [0.3, 0.4) is 0 Å². The van der Waals surface area contributed by atoms with Crippen molar-refractivity contribution in [1.82, 2.24) is 14.1 Å². The third kappa shape index (κ3) is 4.15. The first kappa shape index (κ1) is 30.6. The molecule has 2 atom stereocenters. The molecule has 54 heavy (non-hydrogen) atoms. The highest BCUT2D eigenvalue weighted by atomic mass is 15.0. The third-order valence-corrected chi connectivity index (χ3v) is 11.7. The number of aromatic nitrogens is 3. The SMILES string of the molecule is C=CC1=C(C=C)C2C(=c3c(n(-c4ccccc4)c4ccccc34)=C3C=CC=CC32)c2c1n(-c1ccc(-c3ccnc4ccccc34)cc1)c1ccccc21. The van der Waals surface area contributed by atoms with E-state index in [9.17, 15) is 0 Å². The van der Waals surface area contributed by atoms with Crippen LogP contribution in [0.2, 0.25) is 0 Å². The largest absolute Gasteiger partial charge is 0.309 e. The Kier molecular flexibility index (Phi) is 6.68. The molecule has 0 bridgehead atoms. The lowest BCUT2D eigenvalue weighted by Crippen LogP contribution is -2.43. The smallest absolute Gasteiger partial charge is 0.0708 e. The highest BCUT2D eigenvalue weighted by molar-refractivity contribution is 6.08. The molecule has 0 saturated carbocycles. The van der Waals surface area contributed by atoms with E-state index in [-0.39, 0.29) is 11.8 Å². The molecular weight excluding hydrogens is 655 g/mol. The molecule has 0 N–H and O–H groups in total. The van der Waals surface area contributed by atoms with Crippen LogP contribution in [-0.2, 0) is 0 Å². The summed E-state index contributed by atoms with van der Waals surface area (Å²) in [7, 11) is 0. The van der Waals surface area contributed by atoms with Gasteiger partial charge in [-0.1, -0.05) is 135 Å². The Morgan fingerprint density at radius 3 is 2.07 bits per heavy atom. The zero-order valence-electron chi connectivity index (χ0n) is 29.7. The van der Waals surface area contributed by atoms with Crippen LogP contribution in [0.5, 0.6) is 0 Å². The standard InChI is InChI=1S/C51H35N3/c1-3-35-36(4-2)50-47(41-21-11-15-25-45(41)54(50)34-28-26-32(27-29-34)37-30-31-52-43-23-13-10-18-38(37)43)49-46(35)39-19-8-9-20-40(39)51-48(49)42-22-12-14-24-44(42)53(51)33-16-6-5-7-17-33/h3-31,39,46H,1-2H2. The van der Waals surface area contributed by atoms with E-state index < -0.39 is 0 Å².